The number of ether oxygens (including phenoxy) is 2. The van der Waals surface area contributed by atoms with E-state index in [1.807, 2.05) is 12.1 Å². The van der Waals surface area contributed by atoms with Gasteiger partial charge in [-0.2, -0.15) is 20.1 Å². The molecule has 204 valence electrons. The van der Waals surface area contributed by atoms with E-state index in [0.717, 1.165) is 61.0 Å². The van der Waals surface area contributed by atoms with Gasteiger partial charge < -0.3 is 19.3 Å². The summed E-state index contributed by atoms with van der Waals surface area (Å²) in [4.78, 5) is 31.3. The molecule has 39 heavy (non-hydrogen) atoms. The minimum atomic E-state index is -0.440. The Morgan fingerprint density at radius 3 is 2.15 bits per heavy atom. The van der Waals surface area contributed by atoms with Gasteiger partial charge in [-0.05, 0) is 97.0 Å². The molecule has 0 bridgehead atoms. The fraction of sp³-hybridized carbons (Fsp3) is 0.393. The van der Waals surface area contributed by atoms with Gasteiger partial charge in [-0.25, -0.2) is 10.2 Å². The number of methoxy groups -OCH3 is 1. The van der Waals surface area contributed by atoms with E-state index in [9.17, 15) is 4.79 Å². The van der Waals surface area contributed by atoms with Crippen molar-refractivity contribution in [1.82, 2.24) is 15.0 Å². The van der Waals surface area contributed by atoms with E-state index in [1.165, 1.54) is 20.0 Å². The Labute approximate surface area is 242 Å². The molecule has 2 saturated heterocycles. The second-order valence-corrected chi connectivity index (χ2v) is 10.7. The Balaban J connectivity index is 1.31. The quantitative estimate of drug-likeness (QED) is 0.118. The molecule has 0 atom stereocenters. The van der Waals surface area contributed by atoms with Crippen LogP contribution in [0.3, 0.4) is 0 Å². The summed E-state index contributed by atoms with van der Waals surface area (Å²) in [7, 11) is 1.53. The third-order valence-electron chi connectivity index (χ3n) is 6.75. The smallest absolute Gasteiger partial charge is 0.344 e. The van der Waals surface area contributed by atoms with E-state index in [4.69, 9.17) is 14.5 Å². The van der Waals surface area contributed by atoms with E-state index >= 15 is 0 Å². The first-order valence-corrected chi connectivity index (χ1v) is 14.4. The molecular weight excluding hydrogens is 609 g/mol. The largest absolute Gasteiger partial charge is 0.493 e. The fourth-order valence-electron chi connectivity index (χ4n) is 4.67. The Hall–Kier alpha value is -3.48. The number of nitrogens with zero attached hydrogens (tertiary/aromatic N) is 6. The van der Waals surface area contributed by atoms with E-state index in [0.29, 0.717) is 34.9 Å². The lowest BCUT2D eigenvalue weighted by molar-refractivity contribution is 0.0728. The van der Waals surface area contributed by atoms with Gasteiger partial charge in [-0.15, -0.1) is 0 Å². The number of hydrogen-bond acceptors (Lipinski definition) is 10. The van der Waals surface area contributed by atoms with Gasteiger partial charge in [-0.1, -0.05) is 12.1 Å². The Bertz CT molecular complexity index is 1290. The summed E-state index contributed by atoms with van der Waals surface area (Å²) in [5.41, 5.74) is 4.25. The minimum Gasteiger partial charge on any atom is -0.493 e. The van der Waals surface area contributed by atoms with E-state index in [2.05, 4.69) is 52.9 Å². The number of anilines is 3. The standard InChI is InChI=1S/C28H32IN7O3/c1-38-24-18-20(12-13-23(24)39-25(37)21-10-4-5-11-22(21)29)19-30-34-26-31-27(35-14-6-2-7-15-35)33-28(32-26)36-16-8-3-9-17-36/h4-5,10-13,18-19H,2-3,6-9,14-17H2,1H3,(H,31,32,33,34)/b30-19+. The molecule has 0 aliphatic carbocycles. The summed E-state index contributed by atoms with van der Waals surface area (Å²) >= 11 is 2.11. The third-order valence-corrected chi connectivity index (χ3v) is 7.69. The van der Waals surface area contributed by atoms with Gasteiger partial charge >= 0.3 is 5.97 Å². The first-order valence-electron chi connectivity index (χ1n) is 13.3. The lowest BCUT2D eigenvalue weighted by Gasteiger charge is -2.30. The van der Waals surface area contributed by atoms with Crippen molar-refractivity contribution in [2.24, 2.45) is 5.10 Å². The Morgan fingerprint density at radius 1 is 0.897 bits per heavy atom. The van der Waals surface area contributed by atoms with Crippen molar-refractivity contribution in [1.29, 1.82) is 0 Å². The summed E-state index contributed by atoms with van der Waals surface area (Å²) in [6.07, 6.45) is 8.70. The summed E-state index contributed by atoms with van der Waals surface area (Å²) in [5, 5.41) is 4.38. The van der Waals surface area contributed by atoms with Crippen LogP contribution in [0.2, 0.25) is 0 Å². The maximum absolute atomic E-state index is 12.7. The van der Waals surface area contributed by atoms with Crippen molar-refractivity contribution in [2.75, 3.05) is 48.5 Å². The highest BCUT2D eigenvalue weighted by Gasteiger charge is 2.20. The number of halogens is 1. The molecular formula is C28H32IN7O3. The van der Waals surface area contributed by atoms with Gasteiger partial charge in [0.2, 0.25) is 17.8 Å². The molecule has 5 rings (SSSR count). The number of nitrogens with one attached hydrogen (secondary N) is 1. The zero-order valence-corrected chi connectivity index (χ0v) is 24.1. The zero-order valence-electron chi connectivity index (χ0n) is 22.0. The molecule has 0 saturated carbocycles. The second kappa shape index (κ2) is 13.0. The van der Waals surface area contributed by atoms with Crippen LogP contribution in [0, 0.1) is 3.57 Å². The number of carbonyl (C=O) groups excluding carboxylic acids is 1. The number of piperidine rings is 2. The van der Waals surface area contributed by atoms with Crippen LogP contribution in [0.25, 0.3) is 0 Å². The van der Waals surface area contributed by atoms with Crippen LogP contribution in [-0.2, 0) is 0 Å². The van der Waals surface area contributed by atoms with Gasteiger partial charge in [0.25, 0.3) is 0 Å². The normalized spacial score (nSPS) is 15.8. The SMILES string of the molecule is COc1cc(/C=N/Nc2nc(N3CCCCC3)nc(N3CCCCC3)n2)ccc1OC(=O)c1ccccc1I. The average Bonchev–Trinajstić information content (AvgIpc) is 2.98. The topological polar surface area (TPSA) is 105 Å². The summed E-state index contributed by atoms with van der Waals surface area (Å²) < 4.78 is 11.9. The van der Waals surface area contributed by atoms with Crippen LogP contribution in [0.15, 0.2) is 47.6 Å². The molecule has 1 N–H and O–H groups in total. The molecule has 0 amide bonds. The summed E-state index contributed by atoms with van der Waals surface area (Å²) in [5.74, 6) is 2.13. The minimum absolute atomic E-state index is 0.335. The van der Waals surface area contributed by atoms with Crippen molar-refractivity contribution >= 4 is 52.6 Å². The van der Waals surface area contributed by atoms with Gasteiger partial charge in [0.15, 0.2) is 11.5 Å². The molecule has 2 fully saturated rings. The van der Waals surface area contributed by atoms with Gasteiger partial charge in [0, 0.05) is 29.7 Å². The monoisotopic (exact) mass is 641 g/mol. The van der Waals surface area contributed by atoms with Crippen molar-refractivity contribution in [2.45, 2.75) is 38.5 Å². The number of benzene rings is 2. The van der Waals surface area contributed by atoms with Crippen molar-refractivity contribution in [3.63, 3.8) is 0 Å². The van der Waals surface area contributed by atoms with Crippen LogP contribution in [0.1, 0.15) is 54.4 Å². The number of aromatic nitrogens is 3. The first kappa shape index (κ1) is 27.1. The molecule has 2 aromatic carbocycles. The molecule has 3 aromatic rings. The molecule has 0 radical (unpaired) electrons. The molecule has 11 heteroatoms. The lowest BCUT2D eigenvalue weighted by atomic mass is 10.1. The summed E-state index contributed by atoms with van der Waals surface area (Å²) in [6.45, 7) is 3.80. The molecule has 3 heterocycles. The van der Waals surface area contributed by atoms with Crippen LogP contribution in [0.5, 0.6) is 11.5 Å². The van der Waals surface area contributed by atoms with Crippen LogP contribution >= 0.6 is 22.6 Å². The van der Waals surface area contributed by atoms with Crippen molar-refractivity contribution in [3.8, 4) is 11.5 Å². The molecule has 0 unspecified atom stereocenters. The average molecular weight is 642 g/mol. The molecule has 1 aromatic heterocycles. The third kappa shape index (κ3) is 6.94. The molecule has 10 nitrogen and oxygen atoms in total. The van der Waals surface area contributed by atoms with Gasteiger partial charge in [0.05, 0.1) is 18.9 Å². The van der Waals surface area contributed by atoms with E-state index < -0.39 is 5.97 Å². The number of hydrogen-bond donors (Lipinski definition) is 1. The second-order valence-electron chi connectivity index (χ2n) is 9.50. The maximum Gasteiger partial charge on any atom is 0.344 e. The van der Waals surface area contributed by atoms with Crippen LogP contribution < -0.4 is 24.7 Å². The first-order chi connectivity index (χ1) is 19.1. The number of hydrazone groups is 1. The molecule has 0 spiro atoms. The fourth-order valence-corrected chi connectivity index (χ4v) is 5.28. The summed E-state index contributed by atoms with van der Waals surface area (Å²) in [6, 6.07) is 12.5. The Kier molecular flexibility index (Phi) is 9.07. The van der Waals surface area contributed by atoms with Gasteiger partial charge in [0.1, 0.15) is 0 Å². The molecule has 2 aliphatic heterocycles. The highest BCUT2D eigenvalue weighted by molar-refractivity contribution is 14.1. The number of esters is 1. The zero-order chi connectivity index (χ0) is 27.0. The van der Waals surface area contributed by atoms with Crippen molar-refractivity contribution < 1.29 is 14.3 Å². The Morgan fingerprint density at radius 2 is 1.54 bits per heavy atom. The van der Waals surface area contributed by atoms with Crippen LogP contribution in [0.4, 0.5) is 17.8 Å². The highest BCUT2D eigenvalue weighted by Crippen LogP contribution is 2.29. The molecule has 2 aliphatic rings. The van der Waals surface area contributed by atoms with Gasteiger partial charge in [-0.3, -0.25) is 0 Å². The lowest BCUT2D eigenvalue weighted by Crippen LogP contribution is -2.34. The van der Waals surface area contributed by atoms with E-state index in [1.54, 1.807) is 36.5 Å². The number of rotatable bonds is 8. The van der Waals surface area contributed by atoms with Crippen molar-refractivity contribution in [3.05, 3.63) is 57.2 Å². The highest BCUT2D eigenvalue weighted by atomic mass is 127. The van der Waals surface area contributed by atoms with E-state index in [-0.39, 0.29) is 0 Å². The maximum atomic E-state index is 12.7. The predicted octanol–water partition coefficient (Wildman–Crippen LogP) is 5.13. The van der Waals surface area contributed by atoms with Crippen LogP contribution in [-0.4, -0.2) is 60.4 Å². The predicted molar refractivity (Wildman–Crippen MR) is 160 cm³/mol. The number of carbonyl (C=O) groups is 1.